The number of thiazole rings is 1. The number of hydrogen-bond acceptors (Lipinski definition) is 7. The van der Waals surface area contributed by atoms with Gasteiger partial charge in [0.05, 0.1) is 27.3 Å². The third-order valence-electron chi connectivity index (χ3n) is 6.47. The maximum atomic E-state index is 13.7. The van der Waals surface area contributed by atoms with Gasteiger partial charge in [0.1, 0.15) is 0 Å². The minimum atomic E-state index is -3.69. The molecule has 0 saturated carbocycles. The number of benzene rings is 2. The summed E-state index contributed by atoms with van der Waals surface area (Å²) in [5.74, 6) is -0.206. The van der Waals surface area contributed by atoms with Crippen molar-refractivity contribution >= 4 is 58.5 Å². The molecular weight excluding hydrogens is 576 g/mol. The summed E-state index contributed by atoms with van der Waals surface area (Å²) in [6.07, 6.45) is -0.346. The molecule has 4 rings (SSSR count). The Morgan fingerprint density at radius 3 is 2.35 bits per heavy atom. The molecule has 0 aliphatic carbocycles. The number of amides is 1. The zero-order valence-electron chi connectivity index (χ0n) is 21.6. The van der Waals surface area contributed by atoms with Gasteiger partial charge >= 0.3 is 0 Å². The lowest BCUT2D eigenvalue weighted by molar-refractivity contribution is -0.0440. The van der Waals surface area contributed by atoms with E-state index in [1.54, 1.807) is 17.0 Å². The molecule has 2 atom stereocenters. The highest BCUT2D eigenvalue weighted by atomic mass is 79.9. The Labute approximate surface area is 231 Å². The molecule has 1 aromatic heterocycles. The number of sulfonamides is 1. The average Bonchev–Trinajstić information content (AvgIpc) is 3.28. The largest absolute Gasteiger partial charge is 0.373 e. The number of anilines is 1. The molecular formula is C26H33BrN4O4S2. The zero-order chi connectivity index (χ0) is 26.7. The van der Waals surface area contributed by atoms with Crippen molar-refractivity contribution in [2.45, 2.75) is 44.8 Å². The van der Waals surface area contributed by atoms with Gasteiger partial charge in [-0.2, -0.15) is 4.31 Å². The van der Waals surface area contributed by atoms with Crippen LogP contribution in [0.4, 0.5) is 5.13 Å². The van der Waals surface area contributed by atoms with E-state index in [-0.39, 0.29) is 23.0 Å². The van der Waals surface area contributed by atoms with E-state index in [1.165, 1.54) is 27.8 Å². The molecule has 0 spiro atoms. The molecule has 1 fully saturated rings. The number of aromatic nitrogens is 1. The lowest BCUT2D eigenvalue weighted by Gasteiger charge is -2.34. The van der Waals surface area contributed by atoms with Crippen LogP contribution in [-0.4, -0.2) is 80.0 Å². The van der Waals surface area contributed by atoms with Crippen LogP contribution >= 0.6 is 27.3 Å². The number of hydrogen-bond donors (Lipinski definition) is 0. The molecule has 0 bridgehead atoms. The third kappa shape index (κ3) is 6.40. The molecule has 37 heavy (non-hydrogen) atoms. The predicted octanol–water partition coefficient (Wildman–Crippen LogP) is 4.85. The Morgan fingerprint density at radius 1 is 1.08 bits per heavy atom. The van der Waals surface area contributed by atoms with E-state index in [0.717, 1.165) is 27.8 Å². The summed E-state index contributed by atoms with van der Waals surface area (Å²) in [5, 5.41) is 0.623. The summed E-state index contributed by atoms with van der Waals surface area (Å²) in [6.45, 7) is 11.5. The van der Waals surface area contributed by atoms with Crippen LogP contribution in [0, 0.1) is 0 Å². The number of fused-ring (bicyclic) bond motifs is 1. The highest BCUT2D eigenvalue weighted by Gasteiger charge is 2.32. The van der Waals surface area contributed by atoms with Gasteiger partial charge < -0.3 is 9.64 Å². The second kappa shape index (κ2) is 11.9. The fourth-order valence-electron chi connectivity index (χ4n) is 4.47. The highest BCUT2D eigenvalue weighted by Crippen LogP contribution is 2.32. The number of carbonyl (C=O) groups excluding carboxylic acids is 1. The monoisotopic (exact) mass is 608 g/mol. The molecule has 1 saturated heterocycles. The van der Waals surface area contributed by atoms with Crippen molar-refractivity contribution in [3.8, 4) is 0 Å². The van der Waals surface area contributed by atoms with Gasteiger partial charge in [-0.15, -0.1) is 0 Å². The van der Waals surface area contributed by atoms with Crippen LogP contribution in [0.2, 0.25) is 0 Å². The SMILES string of the molecule is CCN(CC)CCN(C(=O)c1ccc(S(=O)(=O)N2CC(C)OC(C)C2)cc1)c1nc2ccc(Br)cc2s1. The van der Waals surface area contributed by atoms with Crippen LogP contribution < -0.4 is 4.90 Å². The summed E-state index contributed by atoms with van der Waals surface area (Å²) in [5.41, 5.74) is 1.25. The van der Waals surface area contributed by atoms with Crippen LogP contribution in [-0.2, 0) is 14.8 Å². The number of carbonyl (C=O) groups is 1. The van der Waals surface area contributed by atoms with Crippen LogP contribution in [0.5, 0.6) is 0 Å². The number of morpholine rings is 1. The van der Waals surface area contributed by atoms with Crippen LogP contribution in [0.3, 0.4) is 0 Å². The molecule has 1 aliphatic rings. The number of halogens is 1. The fraction of sp³-hybridized carbons (Fsp3) is 0.462. The molecule has 1 amide bonds. The number of rotatable bonds is 9. The summed E-state index contributed by atoms with van der Waals surface area (Å²) in [7, 11) is -3.69. The first-order valence-electron chi connectivity index (χ1n) is 12.5. The molecule has 11 heteroatoms. The Morgan fingerprint density at radius 2 is 1.73 bits per heavy atom. The molecule has 0 radical (unpaired) electrons. The van der Waals surface area contributed by atoms with Crippen molar-refractivity contribution in [2.24, 2.45) is 0 Å². The van der Waals surface area contributed by atoms with Gasteiger partial charge in [-0.25, -0.2) is 13.4 Å². The first kappa shape index (κ1) is 28.1. The Balaban J connectivity index is 1.61. The lowest BCUT2D eigenvalue weighted by atomic mass is 10.2. The van der Waals surface area contributed by atoms with Gasteiger partial charge in [0.25, 0.3) is 5.91 Å². The normalized spacial score (nSPS) is 19.0. The van der Waals surface area contributed by atoms with E-state index in [4.69, 9.17) is 9.72 Å². The van der Waals surface area contributed by atoms with Crippen LogP contribution in [0.25, 0.3) is 10.2 Å². The van der Waals surface area contributed by atoms with E-state index in [2.05, 4.69) is 34.7 Å². The molecule has 2 heterocycles. The molecule has 8 nitrogen and oxygen atoms in total. The maximum Gasteiger partial charge on any atom is 0.260 e. The molecule has 200 valence electrons. The molecule has 3 aromatic rings. The minimum absolute atomic E-state index is 0.171. The topological polar surface area (TPSA) is 83.1 Å². The van der Waals surface area contributed by atoms with E-state index < -0.39 is 10.0 Å². The van der Waals surface area contributed by atoms with Crippen molar-refractivity contribution in [1.29, 1.82) is 0 Å². The molecule has 1 aliphatic heterocycles. The minimum Gasteiger partial charge on any atom is -0.373 e. The van der Waals surface area contributed by atoms with Crippen molar-refractivity contribution in [3.63, 3.8) is 0 Å². The Kier molecular flexibility index (Phi) is 9.03. The van der Waals surface area contributed by atoms with Gasteiger partial charge in [-0.05, 0) is 69.4 Å². The number of likely N-dealkylation sites (N-methyl/N-ethyl adjacent to an activating group) is 1. The fourth-order valence-corrected chi connectivity index (χ4v) is 7.60. The highest BCUT2D eigenvalue weighted by molar-refractivity contribution is 9.10. The predicted molar refractivity (Wildman–Crippen MR) is 152 cm³/mol. The lowest BCUT2D eigenvalue weighted by Crippen LogP contribution is -2.48. The van der Waals surface area contributed by atoms with Gasteiger partial charge in [0, 0.05) is 36.2 Å². The van der Waals surface area contributed by atoms with Gasteiger partial charge in [-0.3, -0.25) is 9.69 Å². The van der Waals surface area contributed by atoms with Crippen molar-refractivity contribution in [1.82, 2.24) is 14.2 Å². The van der Waals surface area contributed by atoms with Crippen LogP contribution in [0.15, 0.2) is 51.8 Å². The molecule has 0 N–H and O–H groups in total. The van der Waals surface area contributed by atoms with E-state index in [0.29, 0.717) is 36.9 Å². The number of nitrogens with zero attached hydrogens (tertiary/aromatic N) is 4. The maximum absolute atomic E-state index is 13.7. The quantitative estimate of drug-likeness (QED) is 0.345. The second-order valence-corrected chi connectivity index (χ2v) is 13.1. The average molecular weight is 610 g/mol. The second-order valence-electron chi connectivity index (χ2n) is 9.20. The molecule has 2 unspecified atom stereocenters. The van der Waals surface area contributed by atoms with Gasteiger partial charge in [-0.1, -0.05) is 41.1 Å². The summed E-state index contributed by atoms with van der Waals surface area (Å²) < 4.78 is 35.6. The smallest absolute Gasteiger partial charge is 0.260 e. The summed E-state index contributed by atoms with van der Waals surface area (Å²) in [4.78, 5) is 22.6. The van der Waals surface area contributed by atoms with E-state index in [9.17, 15) is 13.2 Å². The summed E-state index contributed by atoms with van der Waals surface area (Å²) >= 11 is 4.97. The summed E-state index contributed by atoms with van der Waals surface area (Å²) in [6, 6.07) is 12.1. The van der Waals surface area contributed by atoms with Crippen molar-refractivity contribution < 1.29 is 17.9 Å². The Bertz CT molecular complexity index is 1330. The Hall–Kier alpha value is -1.89. The van der Waals surface area contributed by atoms with E-state index in [1.807, 2.05) is 32.0 Å². The molecule has 2 aromatic carbocycles. The standard InChI is InChI=1S/C26H33BrN4O4S2/c1-5-29(6-2)13-14-31(26-28-23-12-9-21(27)15-24(23)36-26)25(32)20-7-10-22(11-8-20)37(33,34)30-16-18(3)35-19(4)17-30/h7-12,15,18-19H,5-6,13-14,16-17H2,1-4H3. The van der Waals surface area contributed by atoms with Crippen molar-refractivity contribution in [3.05, 3.63) is 52.5 Å². The first-order chi connectivity index (χ1) is 17.6. The van der Waals surface area contributed by atoms with Gasteiger partial charge in [0.15, 0.2) is 5.13 Å². The zero-order valence-corrected chi connectivity index (χ0v) is 24.8. The van der Waals surface area contributed by atoms with Crippen molar-refractivity contribution in [2.75, 3.05) is 44.2 Å². The first-order valence-corrected chi connectivity index (χ1v) is 15.5. The van der Waals surface area contributed by atoms with E-state index >= 15 is 0 Å². The van der Waals surface area contributed by atoms with Crippen LogP contribution in [0.1, 0.15) is 38.1 Å². The number of ether oxygens (including phenoxy) is 1. The van der Waals surface area contributed by atoms with Gasteiger partial charge in [0.2, 0.25) is 10.0 Å². The third-order valence-corrected chi connectivity index (χ3v) is 9.85.